The number of rotatable bonds is 0. The molecule has 9 rings (SSSR count). The van der Waals surface area contributed by atoms with E-state index in [-0.39, 0.29) is 0 Å². The van der Waals surface area contributed by atoms with Crippen LogP contribution in [0.1, 0.15) is 33.4 Å². The van der Waals surface area contributed by atoms with E-state index in [1.165, 1.54) is 83.1 Å². The molecule has 0 bridgehead atoms. The van der Waals surface area contributed by atoms with Gasteiger partial charge >= 0.3 is 0 Å². The van der Waals surface area contributed by atoms with E-state index in [1.807, 2.05) is 0 Å². The second-order valence-electron chi connectivity index (χ2n) is 10.1. The lowest BCUT2D eigenvalue weighted by molar-refractivity contribution is 1.04. The summed E-state index contributed by atoms with van der Waals surface area (Å²) in [4.78, 5) is 0. The smallest absolute Gasteiger partial charge is 0.0576 e. The minimum Gasteiger partial charge on any atom is -0.309 e. The summed E-state index contributed by atoms with van der Waals surface area (Å²) >= 11 is 0. The van der Waals surface area contributed by atoms with Gasteiger partial charge in [0.05, 0.1) is 11.0 Å². The average Bonchev–Trinajstić information content (AvgIpc) is 3.54. The third-order valence-corrected chi connectivity index (χ3v) is 8.41. The van der Waals surface area contributed by atoms with E-state index >= 15 is 0 Å². The van der Waals surface area contributed by atoms with Crippen molar-refractivity contribution in [3.63, 3.8) is 0 Å². The molecule has 1 aromatic heterocycles. The van der Waals surface area contributed by atoms with E-state index in [1.54, 1.807) is 0 Å². The molecular formula is C33H21N. The Morgan fingerprint density at radius 1 is 0.471 bits per heavy atom. The van der Waals surface area contributed by atoms with Gasteiger partial charge in [-0.15, -0.1) is 0 Å². The molecule has 2 heterocycles. The molecule has 1 aliphatic heterocycles. The third-order valence-electron chi connectivity index (χ3n) is 8.41. The molecule has 5 aromatic carbocycles. The molecule has 2 aliphatic carbocycles. The van der Waals surface area contributed by atoms with Crippen LogP contribution in [0.15, 0.2) is 91.0 Å². The number of nitrogens with zero attached hydrogens (tertiary/aromatic N) is 1. The lowest BCUT2D eigenvalue weighted by atomic mass is 9.91. The summed E-state index contributed by atoms with van der Waals surface area (Å²) < 4.78 is 2.54. The van der Waals surface area contributed by atoms with E-state index in [2.05, 4.69) is 95.6 Å². The van der Waals surface area contributed by atoms with Crippen LogP contribution in [-0.2, 0) is 19.3 Å². The van der Waals surface area contributed by atoms with Crippen LogP contribution in [0.2, 0.25) is 0 Å². The van der Waals surface area contributed by atoms with Crippen molar-refractivity contribution in [2.24, 2.45) is 0 Å². The molecule has 0 amide bonds. The molecule has 34 heavy (non-hydrogen) atoms. The molecule has 6 aromatic rings. The Bertz CT molecular complexity index is 1880. The Hall–Kier alpha value is -4.10. The van der Waals surface area contributed by atoms with Gasteiger partial charge in [0.1, 0.15) is 0 Å². The minimum atomic E-state index is 1.01. The molecule has 0 saturated heterocycles. The van der Waals surface area contributed by atoms with Crippen molar-refractivity contribution < 1.29 is 0 Å². The van der Waals surface area contributed by atoms with Crippen LogP contribution < -0.4 is 0 Å². The van der Waals surface area contributed by atoms with Crippen LogP contribution >= 0.6 is 0 Å². The van der Waals surface area contributed by atoms with E-state index in [0.717, 1.165) is 19.3 Å². The fourth-order valence-corrected chi connectivity index (χ4v) is 7.09. The predicted molar refractivity (Wildman–Crippen MR) is 140 cm³/mol. The normalized spacial score (nSPS) is 14.1. The fourth-order valence-electron chi connectivity index (χ4n) is 7.09. The zero-order chi connectivity index (χ0) is 22.0. The van der Waals surface area contributed by atoms with E-state index < -0.39 is 0 Å². The third kappa shape index (κ3) is 1.94. The highest BCUT2D eigenvalue weighted by Crippen LogP contribution is 2.53. The molecule has 158 valence electrons. The van der Waals surface area contributed by atoms with Gasteiger partial charge in [-0.2, -0.15) is 0 Å². The molecule has 1 heteroatoms. The number of fused-ring (bicyclic) bond motifs is 13. The monoisotopic (exact) mass is 431 g/mol. The lowest BCUT2D eigenvalue weighted by Crippen LogP contribution is -2.07. The lowest BCUT2D eigenvalue weighted by Gasteiger charge is -2.20. The molecule has 0 radical (unpaired) electrons. The Morgan fingerprint density at radius 2 is 1.15 bits per heavy atom. The van der Waals surface area contributed by atoms with Gasteiger partial charge in [-0.05, 0) is 80.6 Å². The number of hydrogen-bond acceptors (Lipinski definition) is 0. The molecule has 1 nitrogen and oxygen atoms in total. The van der Waals surface area contributed by atoms with Gasteiger partial charge in [0.25, 0.3) is 0 Å². The Balaban J connectivity index is 1.48. The predicted octanol–water partition coefficient (Wildman–Crippen LogP) is 7.83. The van der Waals surface area contributed by atoms with Crippen molar-refractivity contribution in [3.8, 4) is 27.9 Å². The summed E-state index contributed by atoms with van der Waals surface area (Å²) in [6.07, 6.45) is 3.08. The minimum absolute atomic E-state index is 1.01. The van der Waals surface area contributed by atoms with Gasteiger partial charge in [-0.1, -0.05) is 78.9 Å². The Labute approximate surface area is 197 Å². The maximum atomic E-state index is 2.54. The Morgan fingerprint density at radius 3 is 2.09 bits per heavy atom. The standard InChI is InChI=1S/C33H21N/c1-3-9-25-19(6-1)16-21-12-13-22-18-23-14-15-28-32(31(23)30(22)29(21)25)26-10-5-8-24-17-20-7-2-4-11-27(20)34(28)33(24)26/h1-15H,16-18H2. The number of para-hydroxylation sites is 2. The van der Waals surface area contributed by atoms with Crippen LogP contribution in [0.5, 0.6) is 0 Å². The van der Waals surface area contributed by atoms with Gasteiger partial charge in [-0.3, -0.25) is 0 Å². The van der Waals surface area contributed by atoms with Gasteiger partial charge < -0.3 is 4.57 Å². The van der Waals surface area contributed by atoms with Crippen molar-refractivity contribution in [2.75, 3.05) is 0 Å². The summed E-state index contributed by atoms with van der Waals surface area (Å²) in [6.45, 7) is 0. The molecule has 0 saturated carbocycles. The first-order valence-electron chi connectivity index (χ1n) is 12.3. The zero-order valence-corrected chi connectivity index (χ0v) is 18.7. The number of aromatic nitrogens is 1. The first kappa shape index (κ1) is 17.4. The van der Waals surface area contributed by atoms with E-state index in [9.17, 15) is 0 Å². The second-order valence-corrected chi connectivity index (χ2v) is 10.1. The topological polar surface area (TPSA) is 4.93 Å². The van der Waals surface area contributed by atoms with E-state index in [0.29, 0.717) is 0 Å². The van der Waals surface area contributed by atoms with Gasteiger partial charge in [0.2, 0.25) is 0 Å². The van der Waals surface area contributed by atoms with Gasteiger partial charge in [0, 0.05) is 22.9 Å². The molecule has 0 spiro atoms. The maximum absolute atomic E-state index is 2.54. The summed E-state index contributed by atoms with van der Waals surface area (Å²) in [7, 11) is 0. The number of hydrogen-bond donors (Lipinski definition) is 0. The van der Waals surface area contributed by atoms with Crippen LogP contribution in [-0.4, -0.2) is 4.57 Å². The van der Waals surface area contributed by atoms with Crippen molar-refractivity contribution in [2.45, 2.75) is 19.3 Å². The first-order valence-corrected chi connectivity index (χ1v) is 12.3. The maximum Gasteiger partial charge on any atom is 0.0576 e. The SMILES string of the molecule is c1ccc2c(c1)Cc1ccc3c(c1-2)-c1c(ccc2c1c1cccc4c1n2-c1ccccc1C4)C3. The summed E-state index contributed by atoms with van der Waals surface area (Å²) in [6, 6.07) is 34.4. The highest BCUT2D eigenvalue weighted by atomic mass is 15.0. The van der Waals surface area contributed by atoms with Gasteiger partial charge in [-0.25, -0.2) is 0 Å². The van der Waals surface area contributed by atoms with Gasteiger partial charge in [0.15, 0.2) is 0 Å². The largest absolute Gasteiger partial charge is 0.309 e. The summed E-state index contributed by atoms with van der Waals surface area (Å²) in [5.41, 5.74) is 18.7. The zero-order valence-electron chi connectivity index (χ0n) is 18.7. The molecule has 3 aliphatic rings. The summed E-state index contributed by atoms with van der Waals surface area (Å²) in [5.74, 6) is 0. The second kappa shape index (κ2) is 5.87. The fraction of sp³-hybridized carbons (Fsp3) is 0.0909. The molecule has 0 N–H and O–H groups in total. The van der Waals surface area contributed by atoms with Crippen LogP contribution in [0.25, 0.3) is 49.7 Å². The first-order chi connectivity index (χ1) is 16.9. The molecule has 0 unspecified atom stereocenters. The van der Waals surface area contributed by atoms with Crippen molar-refractivity contribution in [3.05, 3.63) is 124 Å². The average molecular weight is 432 g/mol. The molecule has 0 atom stereocenters. The highest BCUT2D eigenvalue weighted by Gasteiger charge is 2.32. The summed E-state index contributed by atoms with van der Waals surface area (Å²) in [5, 5.41) is 2.83. The number of benzene rings is 5. The molecule has 0 fully saturated rings. The van der Waals surface area contributed by atoms with Crippen LogP contribution in [0.3, 0.4) is 0 Å². The molecular weight excluding hydrogens is 410 g/mol. The van der Waals surface area contributed by atoms with Crippen LogP contribution in [0, 0.1) is 0 Å². The Kier molecular flexibility index (Phi) is 3.00. The van der Waals surface area contributed by atoms with E-state index in [4.69, 9.17) is 0 Å². The van der Waals surface area contributed by atoms with Crippen molar-refractivity contribution in [1.82, 2.24) is 4.57 Å². The van der Waals surface area contributed by atoms with Crippen LogP contribution in [0.4, 0.5) is 0 Å². The van der Waals surface area contributed by atoms with Crippen molar-refractivity contribution in [1.29, 1.82) is 0 Å². The van der Waals surface area contributed by atoms with Crippen molar-refractivity contribution >= 4 is 21.8 Å². The quantitative estimate of drug-likeness (QED) is 0.231. The highest BCUT2D eigenvalue weighted by molar-refractivity contribution is 6.20.